The first kappa shape index (κ1) is 16.4. The Labute approximate surface area is 144 Å². The lowest BCUT2D eigenvalue weighted by Crippen LogP contribution is -1.91. The number of pyridine rings is 1. The number of hydrogen-bond donors (Lipinski definition) is 0. The zero-order valence-corrected chi connectivity index (χ0v) is 13.8. The fourth-order valence-corrected chi connectivity index (χ4v) is 2.54. The van der Waals surface area contributed by atoms with E-state index in [2.05, 4.69) is 4.98 Å². The Morgan fingerprint density at radius 3 is 2.52 bits per heavy atom. The molecule has 0 N–H and O–H groups in total. The zero-order valence-electron chi connectivity index (χ0n) is 13.8. The van der Waals surface area contributed by atoms with Crippen LogP contribution in [0.4, 0.5) is 5.69 Å². The van der Waals surface area contributed by atoms with Crippen molar-refractivity contribution in [3.63, 3.8) is 0 Å². The average molecular weight is 336 g/mol. The van der Waals surface area contributed by atoms with Crippen molar-refractivity contribution in [1.82, 2.24) is 4.98 Å². The van der Waals surface area contributed by atoms with Gasteiger partial charge in [0.05, 0.1) is 35.7 Å². The summed E-state index contributed by atoms with van der Waals surface area (Å²) >= 11 is 0. The van der Waals surface area contributed by atoms with Gasteiger partial charge >= 0.3 is 0 Å². The maximum atomic E-state index is 11.1. The zero-order chi connectivity index (χ0) is 17.8. The van der Waals surface area contributed by atoms with Gasteiger partial charge in [0.1, 0.15) is 0 Å². The van der Waals surface area contributed by atoms with Crippen LogP contribution < -0.4 is 9.47 Å². The summed E-state index contributed by atoms with van der Waals surface area (Å²) in [6.45, 7) is 0. The van der Waals surface area contributed by atoms with Crippen LogP contribution in [0, 0.1) is 10.1 Å². The molecule has 126 valence electrons. The Balaban J connectivity index is 1.93. The van der Waals surface area contributed by atoms with Gasteiger partial charge in [0.25, 0.3) is 5.69 Å². The molecule has 0 saturated heterocycles. The van der Waals surface area contributed by atoms with E-state index >= 15 is 0 Å². The Hall–Kier alpha value is -3.41. The lowest BCUT2D eigenvalue weighted by molar-refractivity contribution is -0.383. The predicted octanol–water partition coefficient (Wildman–Crippen LogP) is 4.33. The summed E-state index contributed by atoms with van der Waals surface area (Å²) < 4.78 is 10.5. The molecule has 1 heterocycles. The van der Waals surface area contributed by atoms with Crippen LogP contribution in [0.5, 0.6) is 11.5 Å². The summed E-state index contributed by atoms with van der Waals surface area (Å²) in [6.07, 6.45) is 3.74. The Bertz CT molecular complexity index is 967. The van der Waals surface area contributed by atoms with Gasteiger partial charge < -0.3 is 9.47 Å². The molecule has 25 heavy (non-hydrogen) atoms. The number of nitrogens with zero attached hydrogens (tertiary/aromatic N) is 2. The summed E-state index contributed by atoms with van der Waals surface area (Å²) in [7, 11) is 3.18. The molecule has 0 fully saturated rings. The van der Waals surface area contributed by atoms with Crippen LogP contribution in [0.25, 0.3) is 23.1 Å². The summed E-state index contributed by atoms with van der Waals surface area (Å²) in [5.74, 6) is 1.31. The van der Waals surface area contributed by atoms with Crippen LogP contribution >= 0.6 is 0 Å². The molecule has 0 aliphatic carbocycles. The van der Waals surface area contributed by atoms with E-state index in [-0.39, 0.29) is 5.69 Å². The van der Waals surface area contributed by atoms with E-state index in [4.69, 9.17) is 9.47 Å². The highest BCUT2D eigenvalue weighted by Crippen LogP contribution is 2.28. The number of aromatic nitrogens is 1. The highest BCUT2D eigenvalue weighted by molar-refractivity contribution is 5.89. The molecule has 2 aromatic carbocycles. The highest BCUT2D eigenvalue weighted by atomic mass is 16.6. The molecule has 6 nitrogen and oxygen atoms in total. The monoisotopic (exact) mass is 336 g/mol. The fraction of sp³-hybridized carbons (Fsp3) is 0.105. The number of methoxy groups -OCH3 is 2. The minimum Gasteiger partial charge on any atom is -0.493 e. The lowest BCUT2D eigenvalue weighted by atomic mass is 10.1. The Morgan fingerprint density at radius 2 is 1.80 bits per heavy atom. The first-order valence-electron chi connectivity index (χ1n) is 7.56. The SMILES string of the molecule is COc1ccc(/C=C/c2ccc3c([N+](=O)[O-])cccc3n2)cc1OC. The van der Waals surface area contributed by atoms with Crippen molar-refractivity contribution in [2.45, 2.75) is 0 Å². The normalized spacial score (nSPS) is 11.0. The van der Waals surface area contributed by atoms with Crippen molar-refractivity contribution in [3.8, 4) is 11.5 Å². The van der Waals surface area contributed by atoms with Gasteiger partial charge in [-0.1, -0.05) is 18.2 Å². The van der Waals surface area contributed by atoms with E-state index in [0.717, 1.165) is 5.56 Å². The number of ether oxygens (including phenoxy) is 2. The minimum absolute atomic E-state index is 0.0559. The van der Waals surface area contributed by atoms with Crippen molar-refractivity contribution < 1.29 is 14.4 Å². The van der Waals surface area contributed by atoms with Crippen molar-refractivity contribution in [1.29, 1.82) is 0 Å². The minimum atomic E-state index is -0.400. The molecule has 0 aliphatic heterocycles. The Morgan fingerprint density at radius 1 is 1.00 bits per heavy atom. The van der Waals surface area contributed by atoms with Gasteiger partial charge in [0.2, 0.25) is 0 Å². The predicted molar refractivity (Wildman–Crippen MR) is 96.9 cm³/mol. The molecular weight excluding hydrogens is 320 g/mol. The van der Waals surface area contributed by atoms with Crippen LogP contribution in [0.15, 0.2) is 48.5 Å². The van der Waals surface area contributed by atoms with E-state index in [1.54, 1.807) is 38.5 Å². The third kappa shape index (κ3) is 3.42. The van der Waals surface area contributed by atoms with Crippen molar-refractivity contribution in [3.05, 3.63) is 69.9 Å². The van der Waals surface area contributed by atoms with Gasteiger partial charge in [-0.05, 0) is 42.0 Å². The number of nitro groups is 1. The molecule has 0 spiro atoms. The van der Waals surface area contributed by atoms with Gasteiger partial charge in [-0.15, -0.1) is 0 Å². The largest absolute Gasteiger partial charge is 0.493 e. The van der Waals surface area contributed by atoms with Crippen molar-refractivity contribution in [2.24, 2.45) is 0 Å². The first-order valence-corrected chi connectivity index (χ1v) is 7.56. The number of hydrogen-bond acceptors (Lipinski definition) is 5. The lowest BCUT2D eigenvalue weighted by Gasteiger charge is -2.07. The second-order valence-corrected chi connectivity index (χ2v) is 5.28. The number of rotatable bonds is 5. The van der Waals surface area contributed by atoms with Crippen molar-refractivity contribution >= 4 is 28.7 Å². The van der Waals surface area contributed by atoms with Gasteiger partial charge in [-0.25, -0.2) is 4.98 Å². The average Bonchev–Trinajstić information content (AvgIpc) is 2.65. The maximum Gasteiger partial charge on any atom is 0.278 e. The molecule has 0 atom stereocenters. The summed E-state index contributed by atoms with van der Waals surface area (Å²) in [4.78, 5) is 15.1. The topological polar surface area (TPSA) is 74.5 Å². The van der Waals surface area contributed by atoms with Crippen LogP contribution in [-0.2, 0) is 0 Å². The molecular formula is C19H16N2O4. The van der Waals surface area contributed by atoms with Crippen molar-refractivity contribution in [2.75, 3.05) is 14.2 Å². The number of non-ortho nitro benzene ring substituents is 1. The summed E-state index contributed by atoms with van der Waals surface area (Å²) in [5.41, 5.74) is 2.28. The van der Waals surface area contributed by atoms with Crippen LogP contribution in [0.2, 0.25) is 0 Å². The molecule has 6 heteroatoms. The molecule has 3 aromatic rings. The van der Waals surface area contributed by atoms with E-state index < -0.39 is 4.92 Å². The first-order chi connectivity index (χ1) is 12.1. The summed E-state index contributed by atoms with van der Waals surface area (Å²) in [5, 5.41) is 11.6. The standard InChI is InChI=1S/C19H16N2O4/c1-24-18-11-7-13(12-19(18)25-2)6-8-14-9-10-15-16(20-14)4-3-5-17(15)21(22)23/h3-12H,1-2H3/b8-6+. The second kappa shape index (κ2) is 7.00. The van der Waals surface area contributed by atoms with Gasteiger partial charge in [0, 0.05) is 6.07 Å². The number of nitro benzene ring substituents is 1. The van der Waals surface area contributed by atoms with E-state index in [9.17, 15) is 10.1 Å². The molecule has 0 unspecified atom stereocenters. The smallest absolute Gasteiger partial charge is 0.278 e. The third-order valence-electron chi connectivity index (χ3n) is 3.78. The molecule has 0 radical (unpaired) electrons. The summed E-state index contributed by atoms with van der Waals surface area (Å²) in [6, 6.07) is 13.9. The Kier molecular flexibility index (Phi) is 4.61. The second-order valence-electron chi connectivity index (χ2n) is 5.28. The molecule has 0 bridgehead atoms. The quantitative estimate of drug-likeness (QED) is 0.512. The van der Waals surface area contributed by atoms with Gasteiger partial charge in [-0.3, -0.25) is 10.1 Å². The van der Waals surface area contributed by atoms with E-state index in [1.165, 1.54) is 6.07 Å². The molecule has 0 aliphatic rings. The number of benzene rings is 2. The molecule has 0 amide bonds. The highest BCUT2D eigenvalue weighted by Gasteiger charge is 2.11. The van der Waals surface area contributed by atoms with Crippen LogP contribution in [-0.4, -0.2) is 24.1 Å². The van der Waals surface area contributed by atoms with Crippen LogP contribution in [0.3, 0.4) is 0 Å². The van der Waals surface area contributed by atoms with Crippen LogP contribution in [0.1, 0.15) is 11.3 Å². The third-order valence-corrected chi connectivity index (χ3v) is 3.78. The number of fused-ring (bicyclic) bond motifs is 1. The van der Waals surface area contributed by atoms with Gasteiger partial charge in [0.15, 0.2) is 11.5 Å². The molecule has 3 rings (SSSR count). The molecule has 0 saturated carbocycles. The fourth-order valence-electron chi connectivity index (χ4n) is 2.54. The van der Waals surface area contributed by atoms with E-state index in [1.807, 2.05) is 30.4 Å². The van der Waals surface area contributed by atoms with Gasteiger partial charge in [-0.2, -0.15) is 0 Å². The maximum absolute atomic E-state index is 11.1. The molecule has 1 aromatic heterocycles. The van der Waals surface area contributed by atoms with E-state index in [0.29, 0.717) is 28.1 Å².